The van der Waals surface area contributed by atoms with Crippen LogP contribution in [0.3, 0.4) is 0 Å². The van der Waals surface area contributed by atoms with E-state index < -0.39 is 0 Å². The monoisotopic (exact) mass is 251 g/mol. The van der Waals surface area contributed by atoms with Gasteiger partial charge >= 0.3 is 0 Å². The van der Waals surface area contributed by atoms with Gasteiger partial charge in [-0.25, -0.2) is 0 Å². The average Bonchev–Trinajstić information content (AvgIpc) is 2.56. The molecule has 3 heteroatoms. The Hall–Kier alpha value is -0.800. The molecule has 0 radical (unpaired) electrons. The van der Waals surface area contributed by atoms with Crippen LogP contribution in [0.4, 0.5) is 0 Å². The summed E-state index contributed by atoms with van der Waals surface area (Å²) in [6, 6.07) is 6.35. The molecule has 0 spiro atoms. The number of ether oxygens (including phenoxy) is 1. The lowest BCUT2D eigenvalue weighted by Crippen LogP contribution is -2.08. The number of hydrogen-bond acceptors (Lipinski definition) is 1. The molecule has 0 amide bonds. The van der Waals surface area contributed by atoms with Crippen LogP contribution in [0.5, 0.6) is 0 Å². The standard InChI is InChI=1S/C11H10BrNO/c12-7-1-2-10-9(5-7)8-3-4-14-6-11(8)13-10/h1-2,5,13H,3-4,6H2. The fourth-order valence-electron chi connectivity index (χ4n) is 2.03. The first kappa shape index (κ1) is 8.50. The van der Waals surface area contributed by atoms with Crippen molar-refractivity contribution < 1.29 is 4.74 Å². The molecule has 0 atom stereocenters. The number of H-pyrrole nitrogens is 1. The fraction of sp³-hybridized carbons (Fsp3) is 0.273. The van der Waals surface area contributed by atoms with Crippen molar-refractivity contribution >= 4 is 26.8 Å². The smallest absolute Gasteiger partial charge is 0.0869 e. The van der Waals surface area contributed by atoms with Gasteiger partial charge in [-0.05, 0) is 30.2 Å². The summed E-state index contributed by atoms with van der Waals surface area (Å²) in [4.78, 5) is 3.40. The summed E-state index contributed by atoms with van der Waals surface area (Å²) in [6.07, 6.45) is 1.02. The summed E-state index contributed by atoms with van der Waals surface area (Å²) in [6.45, 7) is 1.56. The second-order valence-corrected chi connectivity index (χ2v) is 4.49. The number of hydrogen-bond donors (Lipinski definition) is 1. The van der Waals surface area contributed by atoms with E-state index in [9.17, 15) is 0 Å². The second-order valence-electron chi connectivity index (χ2n) is 3.57. The molecule has 1 N–H and O–H groups in total. The normalized spacial score (nSPS) is 15.8. The van der Waals surface area contributed by atoms with Gasteiger partial charge in [0.2, 0.25) is 0 Å². The van der Waals surface area contributed by atoms with E-state index in [0.29, 0.717) is 0 Å². The topological polar surface area (TPSA) is 25.0 Å². The zero-order valence-corrected chi connectivity index (χ0v) is 9.23. The number of aromatic nitrogens is 1. The molecule has 3 rings (SSSR count). The minimum absolute atomic E-state index is 0.724. The van der Waals surface area contributed by atoms with E-state index in [0.717, 1.165) is 24.1 Å². The molecule has 1 aromatic carbocycles. The van der Waals surface area contributed by atoms with E-state index in [-0.39, 0.29) is 0 Å². The lowest BCUT2D eigenvalue weighted by molar-refractivity contribution is 0.109. The second kappa shape index (κ2) is 3.11. The maximum atomic E-state index is 5.41. The van der Waals surface area contributed by atoms with E-state index in [2.05, 4.69) is 39.1 Å². The van der Waals surface area contributed by atoms with Crippen LogP contribution in [0.1, 0.15) is 11.3 Å². The van der Waals surface area contributed by atoms with Gasteiger partial charge in [0.25, 0.3) is 0 Å². The van der Waals surface area contributed by atoms with E-state index in [4.69, 9.17) is 4.74 Å². The molecule has 1 aliphatic rings. The van der Waals surface area contributed by atoms with Crippen molar-refractivity contribution in [2.24, 2.45) is 0 Å². The average molecular weight is 252 g/mol. The molecule has 0 fully saturated rings. The zero-order chi connectivity index (χ0) is 9.54. The van der Waals surface area contributed by atoms with Crippen molar-refractivity contribution in [2.75, 3.05) is 6.61 Å². The highest BCUT2D eigenvalue weighted by Gasteiger charge is 2.15. The molecule has 1 aliphatic heterocycles. The van der Waals surface area contributed by atoms with Crippen molar-refractivity contribution in [2.45, 2.75) is 13.0 Å². The Bertz CT molecular complexity index is 489. The number of benzene rings is 1. The molecule has 2 aromatic rings. The molecule has 0 saturated carbocycles. The van der Waals surface area contributed by atoms with E-state index in [1.54, 1.807) is 0 Å². The highest BCUT2D eigenvalue weighted by Crippen LogP contribution is 2.28. The van der Waals surface area contributed by atoms with Gasteiger partial charge in [-0.3, -0.25) is 0 Å². The first-order valence-electron chi connectivity index (χ1n) is 4.71. The van der Waals surface area contributed by atoms with Crippen molar-refractivity contribution in [1.82, 2.24) is 4.98 Å². The third-order valence-corrected chi connectivity index (χ3v) is 3.19. The van der Waals surface area contributed by atoms with Crippen LogP contribution in [-0.2, 0) is 17.8 Å². The molecule has 0 aliphatic carbocycles. The van der Waals surface area contributed by atoms with Crippen LogP contribution >= 0.6 is 15.9 Å². The van der Waals surface area contributed by atoms with Gasteiger partial charge in [-0.2, -0.15) is 0 Å². The van der Waals surface area contributed by atoms with Gasteiger partial charge in [0.05, 0.1) is 13.2 Å². The van der Waals surface area contributed by atoms with Gasteiger partial charge in [-0.15, -0.1) is 0 Å². The maximum Gasteiger partial charge on any atom is 0.0869 e. The Morgan fingerprint density at radius 2 is 2.29 bits per heavy atom. The molecular weight excluding hydrogens is 242 g/mol. The Morgan fingerprint density at radius 1 is 1.36 bits per heavy atom. The minimum atomic E-state index is 0.724. The van der Waals surface area contributed by atoms with Crippen molar-refractivity contribution in [3.63, 3.8) is 0 Å². The lowest BCUT2D eigenvalue weighted by atomic mass is 10.1. The fourth-order valence-corrected chi connectivity index (χ4v) is 2.39. The molecule has 0 bridgehead atoms. The van der Waals surface area contributed by atoms with Gasteiger partial charge in [0.15, 0.2) is 0 Å². The number of rotatable bonds is 0. The minimum Gasteiger partial charge on any atom is -0.375 e. The summed E-state index contributed by atoms with van der Waals surface area (Å²) >= 11 is 3.50. The van der Waals surface area contributed by atoms with Crippen LogP contribution in [0, 0.1) is 0 Å². The van der Waals surface area contributed by atoms with Crippen LogP contribution in [0.25, 0.3) is 10.9 Å². The Labute approximate surface area is 90.4 Å². The largest absolute Gasteiger partial charge is 0.375 e. The number of fused-ring (bicyclic) bond motifs is 3. The Morgan fingerprint density at radius 3 is 3.21 bits per heavy atom. The molecular formula is C11H10BrNO. The Balaban J connectivity index is 2.32. The van der Waals surface area contributed by atoms with Crippen molar-refractivity contribution in [1.29, 1.82) is 0 Å². The third-order valence-electron chi connectivity index (χ3n) is 2.70. The first-order chi connectivity index (χ1) is 6.84. The van der Waals surface area contributed by atoms with E-state index in [1.165, 1.54) is 22.2 Å². The zero-order valence-electron chi connectivity index (χ0n) is 7.64. The number of halogens is 1. The van der Waals surface area contributed by atoms with Gasteiger partial charge in [0.1, 0.15) is 0 Å². The van der Waals surface area contributed by atoms with E-state index >= 15 is 0 Å². The lowest BCUT2D eigenvalue weighted by Gasteiger charge is -2.11. The van der Waals surface area contributed by atoms with Crippen LogP contribution in [-0.4, -0.2) is 11.6 Å². The highest BCUT2D eigenvalue weighted by atomic mass is 79.9. The predicted molar refractivity (Wildman–Crippen MR) is 59.4 cm³/mol. The SMILES string of the molecule is Brc1ccc2[nH]c3c(c2c1)CCOC3. The van der Waals surface area contributed by atoms with Crippen LogP contribution in [0.15, 0.2) is 22.7 Å². The van der Waals surface area contributed by atoms with E-state index in [1.807, 2.05) is 0 Å². The number of nitrogens with one attached hydrogen (secondary N) is 1. The molecule has 2 heterocycles. The third kappa shape index (κ3) is 1.20. The Kier molecular flexibility index (Phi) is 1.89. The first-order valence-corrected chi connectivity index (χ1v) is 5.50. The molecule has 0 unspecified atom stereocenters. The summed E-state index contributed by atoms with van der Waals surface area (Å²) in [5.74, 6) is 0. The summed E-state index contributed by atoms with van der Waals surface area (Å²) in [7, 11) is 0. The summed E-state index contributed by atoms with van der Waals surface area (Å²) in [5.41, 5.74) is 3.88. The highest BCUT2D eigenvalue weighted by molar-refractivity contribution is 9.10. The summed E-state index contributed by atoms with van der Waals surface area (Å²) in [5, 5.41) is 1.33. The quantitative estimate of drug-likeness (QED) is 0.766. The number of aromatic amines is 1. The van der Waals surface area contributed by atoms with Gasteiger partial charge in [-0.1, -0.05) is 15.9 Å². The van der Waals surface area contributed by atoms with Crippen molar-refractivity contribution in [3.8, 4) is 0 Å². The molecule has 2 nitrogen and oxygen atoms in total. The molecule has 1 aromatic heterocycles. The van der Waals surface area contributed by atoms with Crippen LogP contribution < -0.4 is 0 Å². The summed E-state index contributed by atoms with van der Waals surface area (Å²) < 4.78 is 6.55. The van der Waals surface area contributed by atoms with Crippen LogP contribution in [0.2, 0.25) is 0 Å². The molecule has 0 saturated heterocycles. The molecule has 72 valence electrons. The molecule has 14 heavy (non-hydrogen) atoms. The van der Waals surface area contributed by atoms with Gasteiger partial charge < -0.3 is 9.72 Å². The van der Waals surface area contributed by atoms with Crippen molar-refractivity contribution in [3.05, 3.63) is 33.9 Å². The predicted octanol–water partition coefficient (Wildman–Crippen LogP) is 3.00. The maximum absolute atomic E-state index is 5.41. The van der Waals surface area contributed by atoms with Gasteiger partial charge in [0, 0.05) is 21.1 Å².